The number of aryl methyl sites for hydroxylation is 1. The molecule has 9 nitrogen and oxygen atoms in total. The van der Waals surface area contributed by atoms with Crippen molar-refractivity contribution < 1.29 is 22.3 Å². The highest BCUT2D eigenvalue weighted by Gasteiger charge is 2.50. The quantitative estimate of drug-likeness (QED) is 0.552. The van der Waals surface area contributed by atoms with E-state index in [1.54, 1.807) is 49.1 Å². The van der Waals surface area contributed by atoms with E-state index in [0.29, 0.717) is 31.5 Å². The maximum absolute atomic E-state index is 16.0. The number of aromatic nitrogens is 2. The zero-order valence-corrected chi connectivity index (χ0v) is 21.6. The molecule has 1 aromatic heterocycles. The summed E-state index contributed by atoms with van der Waals surface area (Å²) in [6.07, 6.45) is 3.73. The Morgan fingerprint density at radius 1 is 1.23 bits per heavy atom. The molecular formula is C23H33ClFN5O4S. The number of hydrogen-bond donors (Lipinski definition) is 1. The van der Waals surface area contributed by atoms with E-state index >= 15 is 4.39 Å². The number of nitrogens with one attached hydrogen (secondary N) is 1. The SMILES string of the molecule is COC1CCCC(C(F)NC(=O)c2ccccc2)(N2CCN(S(=O)(=O)c3cn(C)cn3)CC2)C1.Cl. The van der Waals surface area contributed by atoms with Gasteiger partial charge in [-0.05, 0) is 37.8 Å². The summed E-state index contributed by atoms with van der Waals surface area (Å²) in [6, 6.07) is 8.57. The van der Waals surface area contributed by atoms with Gasteiger partial charge in [-0.1, -0.05) is 18.2 Å². The van der Waals surface area contributed by atoms with Crippen LogP contribution < -0.4 is 5.32 Å². The van der Waals surface area contributed by atoms with Crippen LogP contribution in [-0.4, -0.2) is 84.3 Å². The van der Waals surface area contributed by atoms with Gasteiger partial charge in [0.15, 0.2) is 11.3 Å². The van der Waals surface area contributed by atoms with Crippen molar-refractivity contribution in [1.82, 2.24) is 24.1 Å². The van der Waals surface area contributed by atoms with E-state index in [9.17, 15) is 13.2 Å². The van der Waals surface area contributed by atoms with Gasteiger partial charge < -0.3 is 14.6 Å². The minimum Gasteiger partial charge on any atom is -0.381 e. The van der Waals surface area contributed by atoms with Crippen LogP contribution in [0.15, 0.2) is 47.9 Å². The molecule has 1 aliphatic carbocycles. The highest BCUT2D eigenvalue weighted by Crippen LogP contribution is 2.39. The Bertz CT molecular complexity index is 1090. The monoisotopic (exact) mass is 529 g/mol. The second-order valence-electron chi connectivity index (χ2n) is 9.03. The molecule has 1 saturated heterocycles. The Balaban J connectivity index is 0.00000342. The second kappa shape index (κ2) is 11.3. The van der Waals surface area contributed by atoms with Crippen LogP contribution in [0.5, 0.6) is 0 Å². The Hall–Kier alpha value is -2.05. The van der Waals surface area contributed by atoms with Gasteiger partial charge in [0.05, 0.1) is 18.0 Å². The van der Waals surface area contributed by atoms with E-state index in [1.807, 2.05) is 4.90 Å². The van der Waals surface area contributed by atoms with Crippen molar-refractivity contribution in [2.45, 2.75) is 48.6 Å². The van der Waals surface area contributed by atoms with Crippen molar-refractivity contribution in [3.05, 3.63) is 48.4 Å². The van der Waals surface area contributed by atoms with Crippen molar-refractivity contribution in [3.63, 3.8) is 0 Å². The molecule has 2 fully saturated rings. The molecule has 1 N–H and O–H groups in total. The predicted molar refractivity (Wildman–Crippen MR) is 132 cm³/mol. The maximum atomic E-state index is 16.0. The first-order valence-electron chi connectivity index (χ1n) is 11.5. The molecule has 1 amide bonds. The van der Waals surface area contributed by atoms with Crippen LogP contribution in [0.2, 0.25) is 0 Å². The number of methoxy groups -OCH3 is 1. The minimum atomic E-state index is -3.72. The summed E-state index contributed by atoms with van der Waals surface area (Å²) in [4.78, 5) is 18.7. The molecule has 3 unspecified atom stereocenters. The first-order chi connectivity index (χ1) is 16.3. The van der Waals surface area contributed by atoms with E-state index in [0.717, 1.165) is 12.8 Å². The third-order valence-corrected chi connectivity index (χ3v) is 8.75. The van der Waals surface area contributed by atoms with E-state index in [-0.39, 0.29) is 36.6 Å². The summed E-state index contributed by atoms with van der Waals surface area (Å²) in [5.41, 5.74) is -0.574. The average molecular weight is 530 g/mol. The molecule has 35 heavy (non-hydrogen) atoms. The Kier molecular flexibility index (Phi) is 8.92. The van der Waals surface area contributed by atoms with Gasteiger partial charge in [0.25, 0.3) is 15.9 Å². The number of imidazole rings is 1. The first kappa shape index (κ1) is 27.5. The fraction of sp³-hybridized carbons (Fsp3) is 0.565. The normalized spacial score (nSPS) is 24.9. The number of ether oxygens (including phenoxy) is 1. The van der Waals surface area contributed by atoms with Crippen molar-refractivity contribution in [2.24, 2.45) is 7.05 Å². The van der Waals surface area contributed by atoms with Crippen LogP contribution in [-0.2, 0) is 21.8 Å². The third kappa shape index (κ3) is 5.69. The van der Waals surface area contributed by atoms with E-state index in [4.69, 9.17) is 4.74 Å². The van der Waals surface area contributed by atoms with Crippen molar-refractivity contribution in [1.29, 1.82) is 0 Å². The number of carbonyl (C=O) groups excluding carboxylic acids is 1. The van der Waals surface area contributed by atoms with Gasteiger partial charge in [-0.25, -0.2) is 17.8 Å². The standard InChI is InChI=1S/C23H32FN5O4S.ClH/c1-27-16-20(25-17-27)34(31,32)29-13-11-28(12-14-29)23(10-6-9-19(15-23)33-2)22(24)26-21(30)18-7-4-3-5-8-18;/h3-5,7-8,16-17,19,22H,6,9-15H2,1-2H3,(H,26,30);1H. The summed E-state index contributed by atoms with van der Waals surface area (Å²) in [7, 11) is -0.384. The average Bonchev–Trinajstić information content (AvgIpc) is 3.31. The lowest BCUT2D eigenvalue weighted by atomic mass is 9.77. The van der Waals surface area contributed by atoms with Gasteiger partial charge in [-0.3, -0.25) is 9.69 Å². The maximum Gasteiger partial charge on any atom is 0.262 e. The number of piperazine rings is 1. The third-order valence-electron chi connectivity index (χ3n) is 6.97. The number of hydrogen-bond acceptors (Lipinski definition) is 6. The lowest BCUT2D eigenvalue weighted by molar-refractivity contribution is -0.0814. The van der Waals surface area contributed by atoms with Crippen LogP contribution in [0.25, 0.3) is 0 Å². The zero-order chi connectivity index (χ0) is 24.3. The van der Waals surface area contributed by atoms with Gasteiger partial charge in [-0.15, -0.1) is 12.4 Å². The molecule has 194 valence electrons. The lowest BCUT2D eigenvalue weighted by Crippen LogP contribution is -2.66. The Labute approximate surface area is 212 Å². The van der Waals surface area contributed by atoms with E-state index in [1.165, 1.54) is 16.8 Å². The van der Waals surface area contributed by atoms with Crippen LogP contribution in [0, 0.1) is 0 Å². The number of halogens is 2. The van der Waals surface area contributed by atoms with Crippen molar-refractivity contribution >= 4 is 28.3 Å². The lowest BCUT2D eigenvalue weighted by Gasteiger charge is -2.52. The Morgan fingerprint density at radius 2 is 1.91 bits per heavy atom. The molecule has 3 atom stereocenters. The molecule has 0 bridgehead atoms. The summed E-state index contributed by atoms with van der Waals surface area (Å²) < 4.78 is 50.5. The van der Waals surface area contributed by atoms with Crippen LogP contribution in [0.3, 0.4) is 0 Å². The summed E-state index contributed by atoms with van der Waals surface area (Å²) in [5.74, 6) is -0.469. The molecular weight excluding hydrogens is 497 g/mol. The van der Waals surface area contributed by atoms with Crippen LogP contribution in [0.4, 0.5) is 4.39 Å². The largest absolute Gasteiger partial charge is 0.381 e. The van der Waals surface area contributed by atoms with E-state index < -0.39 is 27.8 Å². The fourth-order valence-corrected chi connectivity index (χ4v) is 6.45. The number of carbonyl (C=O) groups is 1. The van der Waals surface area contributed by atoms with Crippen LogP contribution in [0.1, 0.15) is 36.0 Å². The molecule has 2 aromatic rings. The second-order valence-corrected chi connectivity index (χ2v) is 10.9. The summed E-state index contributed by atoms with van der Waals surface area (Å²) in [5, 5.41) is 2.58. The van der Waals surface area contributed by atoms with Crippen LogP contribution >= 0.6 is 12.4 Å². The number of alkyl halides is 1. The van der Waals surface area contributed by atoms with Gasteiger partial charge in [0, 0.05) is 52.1 Å². The molecule has 4 rings (SSSR count). The minimum absolute atomic E-state index is 0. The predicted octanol–water partition coefficient (Wildman–Crippen LogP) is 2.20. The topological polar surface area (TPSA) is 96.8 Å². The molecule has 1 saturated carbocycles. The highest BCUT2D eigenvalue weighted by molar-refractivity contribution is 7.89. The van der Waals surface area contributed by atoms with Gasteiger partial charge in [0.2, 0.25) is 0 Å². The highest BCUT2D eigenvalue weighted by atomic mass is 35.5. The van der Waals surface area contributed by atoms with Gasteiger partial charge in [0.1, 0.15) is 0 Å². The molecule has 0 radical (unpaired) electrons. The summed E-state index contributed by atoms with van der Waals surface area (Å²) >= 11 is 0. The molecule has 2 aliphatic rings. The first-order valence-corrected chi connectivity index (χ1v) is 13.0. The fourth-order valence-electron chi connectivity index (χ4n) is 5.06. The number of rotatable bonds is 7. The molecule has 0 spiro atoms. The Morgan fingerprint density at radius 3 is 2.51 bits per heavy atom. The number of benzene rings is 1. The molecule has 2 heterocycles. The molecule has 12 heteroatoms. The van der Waals surface area contributed by atoms with Gasteiger partial charge >= 0.3 is 0 Å². The number of sulfonamides is 1. The van der Waals surface area contributed by atoms with Crippen molar-refractivity contribution in [2.75, 3.05) is 33.3 Å². The zero-order valence-electron chi connectivity index (χ0n) is 20.0. The number of nitrogens with zero attached hydrogens (tertiary/aromatic N) is 4. The molecule has 1 aliphatic heterocycles. The van der Waals surface area contributed by atoms with Crippen molar-refractivity contribution in [3.8, 4) is 0 Å². The van der Waals surface area contributed by atoms with E-state index in [2.05, 4.69) is 10.3 Å². The number of amides is 1. The van der Waals surface area contributed by atoms with Gasteiger partial charge in [-0.2, -0.15) is 4.31 Å². The summed E-state index contributed by atoms with van der Waals surface area (Å²) in [6.45, 7) is 1.14. The molecule has 1 aromatic carbocycles. The smallest absolute Gasteiger partial charge is 0.262 e.